The second-order valence-corrected chi connectivity index (χ2v) is 4.55. The van der Waals surface area contributed by atoms with Gasteiger partial charge in [0.15, 0.2) is 0 Å². The molecule has 0 aliphatic rings. The van der Waals surface area contributed by atoms with Crippen molar-refractivity contribution in [2.75, 3.05) is 6.61 Å². The van der Waals surface area contributed by atoms with Crippen LogP contribution < -0.4 is 4.74 Å². The number of aliphatic hydroxyl groups is 1. The Kier molecular flexibility index (Phi) is 4.16. The van der Waals surface area contributed by atoms with Crippen LogP contribution in [0.1, 0.15) is 36.3 Å². The third kappa shape index (κ3) is 3.12. The third-order valence-corrected chi connectivity index (χ3v) is 2.87. The lowest BCUT2D eigenvalue weighted by atomic mass is 10.0. The molecule has 0 radical (unpaired) electrons. The Bertz CT molecular complexity index is 551. The zero-order valence-electron chi connectivity index (χ0n) is 11.5. The molecule has 1 N–H and O–H groups in total. The molecule has 0 aliphatic heterocycles. The molecule has 0 amide bonds. The molecule has 19 heavy (non-hydrogen) atoms. The Balaban J connectivity index is 2.23. The van der Waals surface area contributed by atoms with Crippen molar-refractivity contribution in [3.05, 3.63) is 41.5 Å². The van der Waals surface area contributed by atoms with Crippen LogP contribution in [0.15, 0.2) is 24.7 Å². The zero-order valence-corrected chi connectivity index (χ0v) is 11.5. The fraction of sp³-hybridized carbons (Fsp3) is 0.429. The van der Waals surface area contributed by atoms with E-state index >= 15 is 0 Å². The van der Waals surface area contributed by atoms with Crippen LogP contribution in [0, 0.1) is 6.92 Å². The van der Waals surface area contributed by atoms with Crippen LogP contribution in [0.4, 0.5) is 0 Å². The first-order chi connectivity index (χ1) is 9.11. The van der Waals surface area contributed by atoms with E-state index < -0.39 is 6.10 Å². The monoisotopic (exact) mass is 261 g/mol. The minimum atomic E-state index is -0.730. The van der Waals surface area contributed by atoms with Gasteiger partial charge in [0.1, 0.15) is 11.9 Å². The summed E-state index contributed by atoms with van der Waals surface area (Å²) in [6.07, 6.45) is 5.33. The highest BCUT2D eigenvalue weighted by Gasteiger charge is 2.16. The predicted molar refractivity (Wildman–Crippen MR) is 72.0 cm³/mol. The molecule has 0 spiro atoms. The Morgan fingerprint density at radius 2 is 2.21 bits per heavy atom. The summed E-state index contributed by atoms with van der Waals surface area (Å²) in [5.74, 6) is 0.681. The lowest BCUT2D eigenvalue weighted by Crippen LogP contribution is -2.02. The topological polar surface area (TPSA) is 60.2 Å². The van der Waals surface area contributed by atoms with E-state index in [0.29, 0.717) is 17.9 Å². The van der Waals surface area contributed by atoms with Gasteiger partial charge in [-0.3, -0.25) is 9.67 Å². The van der Waals surface area contributed by atoms with Gasteiger partial charge in [-0.1, -0.05) is 6.92 Å². The van der Waals surface area contributed by atoms with Gasteiger partial charge in [0.25, 0.3) is 0 Å². The highest BCUT2D eigenvalue weighted by atomic mass is 16.5. The molecule has 0 saturated carbocycles. The summed E-state index contributed by atoms with van der Waals surface area (Å²) < 4.78 is 7.22. The summed E-state index contributed by atoms with van der Waals surface area (Å²) in [6, 6.07) is 1.82. The van der Waals surface area contributed by atoms with Crippen molar-refractivity contribution < 1.29 is 9.84 Å². The molecule has 1 atom stereocenters. The molecule has 1 unspecified atom stereocenters. The van der Waals surface area contributed by atoms with E-state index in [1.54, 1.807) is 17.1 Å². The second-order valence-electron chi connectivity index (χ2n) is 4.55. The van der Waals surface area contributed by atoms with Gasteiger partial charge in [0.2, 0.25) is 0 Å². The SMILES string of the molecule is CCCOc1cncc(C(O)c2cn(C)nc2C)c1. The average molecular weight is 261 g/mol. The van der Waals surface area contributed by atoms with Crippen molar-refractivity contribution in [1.29, 1.82) is 0 Å². The average Bonchev–Trinajstić information content (AvgIpc) is 2.75. The van der Waals surface area contributed by atoms with E-state index in [1.807, 2.05) is 33.2 Å². The molecule has 5 heteroatoms. The maximum atomic E-state index is 10.4. The van der Waals surface area contributed by atoms with Crippen LogP contribution in [0.2, 0.25) is 0 Å². The lowest BCUT2D eigenvalue weighted by molar-refractivity contribution is 0.218. The van der Waals surface area contributed by atoms with Gasteiger partial charge in [-0.2, -0.15) is 5.10 Å². The number of pyridine rings is 1. The first-order valence-electron chi connectivity index (χ1n) is 6.37. The van der Waals surface area contributed by atoms with Gasteiger partial charge in [-0.15, -0.1) is 0 Å². The summed E-state index contributed by atoms with van der Waals surface area (Å²) in [5, 5.41) is 14.6. The Hall–Kier alpha value is -1.88. The highest BCUT2D eigenvalue weighted by Crippen LogP contribution is 2.25. The number of aromatic nitrogens is 3. The molecule has 2 aromatic rings. The Morgan fingerprint density at radius 3 is 2.84 bits per heavy atom. The van der Waals surface area contributed by atoms with Gasteiger partial charge in [0.05, 0.1) is 18.5 Å². The van der Waals surface area contributed by atoms with Crippen molar-refractivity contribution >= 4 is 0 Å². The standard InChI is InChI=1S/C14H19N3O2/c1-4-5-19-12-6-11(7-15-8-12)14(18)13-9-17(3)16-10(13)2/h6-9,14,18H,4-5H2,1-3H3. The second kappa shape index (κ2) is 5.84. The minimum absolute atomic E-state index is 0.646. The van der Waals surface area contributed by atoms with Crippen LogP contribution in [0.5, 0.6) is 5.75 Å². The molecule has 0 aromatic carbocycles. The first kappa shape index (κ1) is 13.5. The molecule has 0 fully saturated rings. The van der Waals surface area contributed by atoms with Gasteiger partial charge >= 0.3 is 0 Å². The highest BCUT2D eigenvalue weighted by molar-refractivity contribution is 5.33. The minimum Gasteiger partial charge on any atom is -0.492 e. The normalized spacial score (nSPS) is 12.4. The fourth-order valence-electron chi connectivity index (χ4n) is 1.95. The number of hydrogen-bond donors (Lipinski definition) is 1. The zero-order chi connectivity index (χ0) is 13.8. The predicted octanol–water partition coefficient (Wildman–Crippen LogP) is 1.99. The van der Waals surface area contributed by atoms with Crippen LogP contribution in [0.3, 0.4) is 0 Å². The van der Waals surface area contributed by atoms with E-state index in [4.69, 9.17) is 4.74 Å². The van der Waals surface area contributed by atoms with E-state index in [2.05, 4.69) is 10.1 Å². The van der Waals surface area contributed by atoms with E-state index in [0.717, 1.165) is 17.7 Å². The maximum absolute atomic E-state index is 10.4. The van der Waals surface area contributed by atoms with E-state index in [1.165, 1.54) is 0 Å². The third-order valence-electron chi connectivity index (χ3n) is 2.87. The van der Waals surface area contributed by atoms with Crippen LogP contribution >= 0.6 is 0 Å². The van der Waals surface area contributed by atoms with Crippen LogP contribution in [-0.4, -0.2) is 26.5 Å². The van der Waals surface area contributed by atoms with E-state index in [-0.39, 0.29) is 0 Å². The molecule has 102 valence electrons. The van der Waals surface area contributed by atoms with Gasteiger partial charge in [-0.05, 0) is 19.4 Å². The summed E-state index contributed by atoms with van der Waals surface area (Å²) >= 11 is 0. The number of nitrogens with zero attached hydrogens (tertiary/aromatic N) is 3. The molecule has 2 heterocycles. The molecule has 2 rings (SSSR count). The lowest BCUT2D eigenvalue weighted by Gasteiger charge is -2.11. The quantitative estimate of drug-likeness (QED) is 0.894. The van der Waals surface area contributed by atoms with Gasteiger partial charge in [0, 0.05) is 30.6 Å². The first-order valence-corrected chi connectivity index (χ1v) is 6.37. The summed E-state index contributed by atoms with van der Waals surface area (Å²) in [6.45, 7) is 4.57. The Labute approximate surface area is 112 Å². The fourth-order valence-corrected chi connectivity index (χ4v) is 1.95. The van der Waals surface area contributed by atoms with Crippen LogP contribution in [-0.2, 0) is 7.05 Å². The molecule has 0 bridgehead atoms. The largest absolute Gasteiger partial charge is 0.492 e. The number of aliphatic hydroxyl groups excluding tert-OH is 1. The van der Waals surface area contributed by atoms with E-state index in [9.17, 15) is 5.11 Å². The van der Waals surface area contributed by atoms with Crippen molar-refractivity contribution in [1.82, 2.24) is 14.8 Å². The summed E-state index contributed by atoms with van der Waals surface area (Å²) in [4.78, 5) is 4.11. The molecular weight excluding hydrogens is 242 g/mol. The van der Waals surface area contributed by atoms with Crippen molar-refractivity contribution in [2.24, 2.45) is 7.05 Å². The van der Waals surface area contributed by atoms with Crippen LogP contribution in [0.25, 0.3) is 0 Å². The molecule has 0 saturated heterocycles. The molecular formula is C14H19N3O2. The van der Waals surface area contributed by atoms with Crippen molar-refractivity contribution in [3.8, 4) is 5.75 Å². The van der Waals surface area contributed by atoms with Gasteiger partial charge in [-0.25, -0.2) is 0 Å². The van der Waals surface area contributed by atoms with Gasteiger partial charge < -0.3 is 9.84 Å². The Morgan fingerprint density at radius 1 is 1.42 bits per heavy atom. The number of rotatable bonds is 5. The van der Waals surface area contributed by atoms with Crippen molar-refractivity contribution in [2.45, 2.75) is 26.4 Å². The maximum Gasteiger partial charge on any atom is 0.137 e. The number of aryl methyl sites for hydroxylation is 2. The molecule has 0 aliphatic carbocycles. The molecule has 2 aromatic heterocycles. The smallest absolute Gasteiger partial charge is 0.137 e. The summed E-state index contributed by atoms with van der Waals surface area (Å²) in [7, 11) is 1.84. The number of hydrogen-bond acceptors (Lipinski definition) is 4. The summed E-state index contributed by atoms with van der Waals surface area (Å²) in [5.41, 5.74) is 2.32. The number of ether oxygens (including phenoxy) is 1. The van der Waals surface area contributed by atoms with Crippen molar-refractivity contribution in [3.63, 3.8) is 0 Å². The molecule has 5 nitrogen and oxygen atoms in total.